The van der Waals surface area contributed by atoms with Gasteiger partial charge in [-0.2, -0.15) is 0 Å². The summed E-state index contributed by atoms with van der Waals surface area (Å²) in [6.07, 6.45) is 6.56. The quantitative estimate of drug-likeness (QED) is 0.246. The maximum absolute atomic E-state index is 13.4. The third kappa shape index (κ3) is 6.11. The Hall–Kier alpha value is -4.20. The highest BCUT2D eigenvalue weighted by molar-refractivity contribution is 6.16. The second kappa shape index (κ2) is 11.7. The molecule has 202 valence electrons. The van der Waals surface area contributed by atoms with Gasteiger partial charge in [0.1, 0.15) is 11.9 Å². The molecule has 2 amide bonds. The molecule has 2 aromatic carbocycles. The number of rotatable bonds is 9. The number of ether oxygens (including phenoxy) is 1. The van der Waals surface area contributed by atoms with Crippen molar-refractivity contribution in [3.05, 3.63) is 88.7 Å². The third-order valence-corrected chi connectivity index (χ3v) is 7.57. The largest absolute Gasteiger partial charge is 0.490 e. The van der Waals surface area contributed by atoms with Crippen LogP contribution < -0.4 is 15.8 Å². The van der Waals surface area contributed by atoms with Gasteiger partial charge in [-0.3, -0.25) is 19.6 Å². The van der Waals surface area contributed by atoms with E-state index < -0.39 is 0 Å². The number of nitrogens with two attached hydrogens (primary N) is 1. The Morgan fingerprint density at radius 3 is 2.46 bits per heavy atom. The van der Waals surface area contributed by atoms with Crippen molar-refractivity contribution in [3.63, 3.8) is 0 Å². The van der Waals surface area contributed by atoms with Gasteiger partial charge in [-0.05, 0) is 79.8 Å². The number of nitrogen functional groups attached to an aromatic ring is 1. The van der Waals surface area contributed by atoms with Crippen molar-refractivity contribution in [2.24, 2.45) is 10.9 Å². The zero-order valence-corrected chi connectivity index (χ0v) is 22.5. The molecule has 1 aromatic heterocycles. The Kier molecular flexibility index (Phi) is 7.91. The van der Waals surface area contributed by atoms with Gasteiger partial charge >= 0.3 is 0 Å². The lowest BCUT2D eigenvalue weighted by atomic mass is 9.97. The van der Waals surface area contributed by atoms with Crippen LogP contribution in [0.5, 0.6) is 5.75 Å². The minimum Gasteiger partial charge on any atom is -0.490 e. The van der Waals surface area contributed by atoms with E-state index in [0.717, 1.165) is 54.7 Å². The molecule has 2 heterocycles. The summed E-state index contributed by atoms with van der Waals surface area (Å²) in [6, 6.07) is 16.9. The Labute approximate surface area is 229 Å². The first-order valence-electron chi connectivity index (χ1n) is 13.5. The molecule has 1 aliphatic heterocycles. The van der Waals surface area contributed by atoms with Crippen molar-refractivity contribution >= 4 is 23.7 Å². The smallest absolute Gasteiger partial charge is 0.251 e. The van der Waals surface area contributed by atoms with Gasteiger partial charge in [0.05, 0.1) is 17.4 Å². The number of pyridine rings is 1. The van der Waals surface area contributed by atoms with Crippen molar-refractivity contribution in [1.82, 2.24) is 15.2 Å². The highest BCUT2D eigenvalue weighted by atomic mass is 16.5. The summed E-state index contributed by atoms with van der Waals surface area (Å²) in [5.41, 5.74) is 11.7. The van der Waals surface area contributed by atoms with Gasteiger partial charge in [0, 0.05) is 61.6 Å². The van der Waals surface area contributed by atoms with Gasteiger partial charge in [0.25, 0.3) is 5.91 Å². The third-order valence-electron chi connectivity index (χ3n) is 7.57. The number of carbonyl (C=O) groups excluding carboxylic acids is 2. The number of amides is 2. The van der Waals surface area contributed by atoms with Gasteiger partial charge in [-0.25, -0.2) is 0 Å². The number of carbonyl (C=O) groups is 2. The van der Waals surface area contributed by atoms with E-state index in [1.54, 1.807) is 30.3 Å². The van der Waals surface area contributed by atoms with Crippen LogP contribution in [0, 0.1) is 12.8 Å². The zero-order valence-electron chi connectivity index (χ0n) is 22.5. The fourth-order valence-corrected chi connectivity index (χ4v) is 5.18. The molecule has 1 saturated carbocycles. The molecule has 8 heteroatoms. The zero-order chi connectivity index (χ0) is 27.4. The average Bonchev–Trinajstić information content (AvgIpc) is 3.80. The molecular weight excluding hydrogens is 490 g/mol. The van der Waals surface area contributed by atoms with Crippen molar-refractivity contribution in [1.29, 1.82) is 0 Å². The molecule has 2 aliphatic rings. The molecule has 0 bridgehead atoms. The topological polar surface area (TPSA) is 110 Å². The summed E-state index contributed by atoms with van der Waals surface area (Å²) in [4.78, 5) is 35.2. The van der Waals surface area contributed by atoms with Crippen molar-refractivity contribution in [2.75, 3.05) is 25.9 Å². The second-order valence-corrected chi connectivity index (χ2v) is 10.4. The van der Waals surface area contributed by atoms with Gasteiger partial charge in [0.15, 0.2) is 0 Å². The van der Waals surface area contributed by atoms with E-state index in [2.05, 4.69) is 15.3 Å². The van der Waals surface area contributed by atoms with Gasteiger partial charge < -0.3 is 20.7 Å². The SMILES string of the molecule is CN=C(c1ccc(OC2CCN(C=O)CC2)cc1)c1cc(C(=O)N[C@@H](c2ncccc2C)C2CC2)ccc1N. The fourth-order valence-electron chi connectivity index (χ4n) is 5.18. The highest BCUT2D eigenvalue weighted by Gasteiger charge is 2.35. The van der Waals surface area contributed by atoms with Gasteiger partial charge in [-0.15, -0.1) is 0 Å². The first-order chi connectivity index (χ1) is 19.0. The van der Waals surface area contributed by atoms with Crippen LogP contribution in [0.2, 0.25) is 0 Å². The first kappa shape index (κ1) is 26.4. The number of benzene rings is 2. The molecule has 0 spiro atoms. The van der Waals surface area contributed by atoms with Crippen LogP contribution in [0.3, 0.4) is 0 Å². The molecule has 1 atom stereocenters. The van der Waals surface area contributed by atoms with Crippen LogP contribution in [-0.4, -0.2) is 54.2 Å². The van der Waals surface area contributed by atoms with Crippen LogP contribution in [0.15, 0.2) is 65.8 Å². The number of hydrogen-bond donors (Lipinski definition) is 2. The number of aromatic nitrogens is 1. The summed E-state index contributed by atoms with van der Waals surface area (Å²) in [7, 11) is 1.72. The minimum atomic E-state index is -0.155. The standard InChI is InChI=1S/C31H35N5O3/c1-20-4-3-15-34-28(20)30(22-5-6-22)35-31(38)23-9-12-27(32)26(18-23)29(33-2)21-7-10-24(11-8-21)39-25-13-16-36(19-37)17-14-25/h3-4,7-12,15,18-19,22,25,30H,5-6,13-14,16-17,32H2,1-2H3,(H,35,38)/t30-/m1/s1. The molecule has 0 radical (unpaired) electrons. The second-order valence-electron chi connectivity index (χ2n) is 10.4. The molecule has 8 nitrogen and oxygen atoms in total. The summed E-state index contributed by atoms with van der Waals surface area (Å²) in [5, 5.41) is 3.23. The molecule has 2 fully saturated rings. The molecule has 3 N–H and O–H groups in total. The molecule has 1 saturated heterocycles. The molecule has 0 unspecified atom stereocenters. The molecule has 3 aromatic rings. The van der Waals surface area contributed by atoms with E-state index in [4.69, 9.17) is 10.5 Å². The Balaban J connectivity index is 1.31. The summed E-state index contributed by atoms with van der Waals surface area (Å²) >= 11 is 0. The van der Waals surface area contributed by atoms with Crippen LogP contribution in [-0.2, 0) is 4.79 Å². The van der Waals surface area contributed by atoms with Crippen LogP contribution in [0.25, 0.3) is 0 Å². The lowest BCUT2D eigenvalue weighted by molar-refractivity contribution is -0.119. The van der Waals surface area contributed by atoms with Crippen LogP contribution in [0.1, 0.15) is 64.5 Å². The number of aliphatic imine (C=N–C) groups is 1. The molecule has 1 aliphatic carbocycles. The van der Waals surface area contributed by atoms with E-state index in [9.17, 15) is 9.59 Å². The highest BCUT2D eigenvalue weighted by Crippen LogP contribution is 2.41. The number of piperidine rings is 1. The fraction of sp³-hybridized carbons (Fsp3) is 0.355. The monoisotopic (exact) mass is 525 g/mol. The van der Waals surface area contributed by atoms with Crippen LogP contribution >= 0.6 is 0 Å². The van der Waals surface area contributed by atoms with E-state index in [-0.39, 0.29) is 18.1 Å². The molecule has 39 heavy (non-hydrogen) atoms. The van der Waals surface area contributed by atoms with E-state index in [1.807, 2.05) is 49.4 Å². The predicted octanol–water partition coefficient (Wildman–Crippen LogP) is 4.32. The van der Waals surface area contributed by atoms with E-state index in [1.165, 1.54) is 0 Å². The summed E-state index contributed by atoms with van der Waals surface area (Å²) < 4.78 is 6.14. The van der Waals surface area contributed by atoms with E-state index >= 15 is 0 Å². The number of likely N-dealkylation sites (tertiary alicyclic amines) is 1. The number of anilines is 1. The lowest BCUT2D eigenvalue weighted by Crippen LogP contribution is -2.37. The molecule has 5 rings (SSSR count). The van der Waals surface area contributed by atoms with Crippen molar-refractivity contribution in [3.8, 4) is 5.75 Å². The minimum absolute atomic E-state index is 0.0894. The number of aryl methyl sites for hydroxylation is 1. The average molecular weight is 526 g/mol. The Morgan fingerprint density at radius 1 is 1.10 bits per heavy atom. The first-order valence-corrected chi connectivity index (χ1v) is 13.5. The number of nitrogens with zero attached hydrogens (tertiary/aromatic N) is 3. The van der Waals surface area contributed by atoms with E-state index in [0.29, 0.717) is 41.5 Å². The van der Waals surface area contributed by atoms with Crippen molar-refractivity contribution < 1.29 is 14.3 Å². The predicted molar refractivity (Wildman–Crippen MR) is 152 cm³/mol. The summed E-state index contributed by atoms with van der Waals surface area (Å²) in [5.74, 6) is 1.02. The van der Waals surface area contributed by atoms with Gasteiger partial charge in [-0.1, -0.05) is 6.07 Å². The normalized spacial score (nSPS) is 17.0. The Morgan fingerprint density at radius 2 is 1.82 bits per heavy atom. The maximum atomic E-state index is 13.4. The molecular formula is C31H35N5O3. The number of nitrogens with one attached hydrogen (secondary N) is 1. The van der Waals surface area contributed by atoms with Gasteiger partial charge in [0.2, 0.25) is 6.41 Å². The van der Waals surface area contributed by atoms with Crippen molar-refractivity contribution in [2.45, 2.75) is 44.8 Å². The summed E-state index contributed by atoms with van der Waals surface area (Å²) in [6.45, 7) is 3.46. The maximum Gasteiger partial charge on any atom is 0.251 e. The lowest BCUT2D eigenvalue weighted by Gasteiger charge is -2.29. The number of hydrogen-bond acceptors (Lipinski definition) is 6. The Bertz CT molecular complexity index is 1360. The van der Waals surface area contributed by atoms with Crippen LogP contribution in [0.4, 0.5) is 5.69 Å².